The van der Waals surface area contributed by atoms with E-state index in [2.05, 4.69) is 0 Å². The summed E-state index contributed by atoms with van der Waals surface area (Å²) in [6.45, 7) is 3.96. The molecule has 1 saturated heterocycles. The van der Waals surface area contributed by atoms with E-state index >= 15 is 0 Å². The first-order chi connectivity index (χ1) is 14.0. The number of hydrogen-bond acceptors (Lipinski definition) is 6. The van der Waals surface area contributed by atoms with Crippen molar-refractivity contribution < 1.29 is 28.6 Å². The van der Waals surface area contributed by atoms with Crippen molar-refractivity contribution in [3.63, 3.8) is 0 Å². The van der Waals surface area contributed by atoms with Gasteiger partial charge in [-0.2, -0.15) is 0 Å². The predicted molar refractivity (Wildman–Crippen MR) is 105 cm³/mol. The van der Waals surface area contributed by atoms with Gasteiger partial charge in [-0.15, -0.1) is 0 Å². The minimum Gasteiger partial charge on any atom is -0.489 e. The van der Waals surface area contributed by atoms with Gasteiger partial charge in [0.25, 0.3) is 0 Å². The third kappa shape index (κ3) is 4.40. The zero-order chi connectivity index (χ0) is 21.0. The highest BCUT2D eigenvalue weighted by atomic mass is 16.5. The molecule has 1 aliphatic heterocycles. The van der Waals surface area contributed by atoms with Gasteiger partial charge in [-0.3, -0.25) is 14.4 Å². The average molecular weight is 399 g/mol. The number of morpholine rings is 1. The number of allylic oxidation sites excluding steroid dienone is 2. The van der Waals surface area contributed by atoms with Crippen LogP contribution in [0.15, 0.2) is 46.9 Å². The lowest BCUT2D eigenvalue weighted by molar-refractivity contribution is -0.134. The Morgan fingerprint density at radius 1 is 1.03 bits per heavy atom. The molecule has 1 aromatic rings. The molecule has 0 unspecified atom stereocenters. The van der Waals surface area contributed by atoms with E-state index in [9.17, 15) is 14.4 Å². The highest BCUT2D eigenvalue weighted by Gasteiger charge is 2.34. The van der Waals surface area contributed by atoms with Gasteiger partial charge in [-0.1, -0.05) is 24.3 Å². The second-order valence-corrected chi connectivity index (χ2v) is 6.99. The van der Waals surface area contributed by atoms with Gasteiger partial charge in [0.1, 0.15) is 0 Å². The molecule has 0 aromatic heterocycles. The molecular formula is C22H25NO6. The van der Waals surface area contributed by atoms with Gasteiger partial charge < -0.3 is 19.1 Å². The zero-order valence-electron chi connectivity index (χ0n) is 16.9. The van der Waals surface area contributed by atoms with E-state index in [-0.39, 0.29) is 41.8 Å². The Hall–Kier alpha value is -2.93. The number of hydrogen-bond donors (Lipinski definition) is 0. The van der Waals surface area contributed by atoms with Crippen LogP contribution in [0.4, 0.5) is 0 Å². The summed E-state index contributed by atoms with van der Waals surface area (Å²) >= 11 is 0. The van der Waals surface area contributed by atoms with E-state index in [1.54, 1.807) is 11.8 Å². The fourth-order valence-electron chi connectivity index (χ4n) is 3.56. The van der Waals surface area contributed by atoms with Crippen molar-refractivity contribution in [2.75, 3.05) is 40.5 Å². The molecule has 7 heteroatoms. The molecule has 0 N–H and O–H groups in total. The number of methoxy groups -OCH3 is 2. The molecule has 3 rings (SSSR count). The molecule has 1 heterocycles. The molecular weight excluding hydrogens is 374 g/mol. The largest absolute Gasteiger partial charge is 0.489 e. The minimum atomic E-state index is -0.351. The standard InChI is InChI=1S/C22H25NO6/c1-14-17(20(26)22(28-3)21(27-2)19(14)25)12-15-5-4-6-16(11-15)13-18(24)23-7-9-29-10-8-23/h4-6,11H,7-10,12-13H2,1-3H3. The van der Waals surface area contributed by atoms with Crippen LogP contribution in [0.25, 0.3) is 0 Å². The van der Waals surface area contributed by atoms with E-state index in [1.165, 1.54) is 14.2 Å². The number of carbonyl (C=O) groups excluding carboxylic acids is 3. The molecule has 7 nitrogen and oxygen atoms in total. The van der Waals surface area contributed by atoms with Gasteiger partial charge in [0.05, 0.1) is 33.9 Å². The number of amides is 1. The van der Waals surface area contributed by atoms with Gasteiger partial charge >= 0.3 is 0 Å². The third-order valence-electron chi connectivity index (χ3n) is 5.19. The Balaban J connectivity index is 1.77. The number of carbonyl (C=O) groups is 3. The Kier molecular flexibility index (Phi) is 6.49. The summed E-state index contributed by atoms with van der Waals surface area (Å²) in [5, 5.41) is 0. The first-order valence-electron chi connectivity index (χ1n) is 9.51. The van der Waals surface area contributed by atoms with Crippen LogP contribution in [0.3, 0.4) is 0 Å². The molecule has 1 aromatic carbocycles. The number of ether oxygens (including phenoxy) is 3. The summed E-state index contributed by atoms with van der Waals surface area (Å²) in [7, 11) is 2.68. The van der Waals surface area contributed by atoms with E-state index in [0.717, 1.165) is 11.1 Å². The van der Waals surface area contributed by atoms with Crippen molar-refractivity contribution in [3.8, 4) is 0 Å². The van der Waals surface area contributed by atoms with E-state index < -0.39 is 0 Å². The predicted octanol–water partition coefficient (Wildman–Crippen LogP) is 1.60. The van der Waals surface area contributed by atoms with E-state index in [0.29, 0.717) is 37.4 Å². The first-order valence-corrected chi connectivity index (χ1v) is 9.51. The molecule has 0 atom stereocenters. The van der Waals surface area contributed by atoms with Crippen LogP contribution < -0.4 is 0 Å². The summed E-state index contributed by atoms with van der Waals surface area (Å²) < 4.78 is 15.5. The zero-order valence-corrected chi connectivity index (χ0v) is 16.9. The van der Waals surface area contributed by atoms with Gasteiger partial charge in [0.2, 0.25) is 29.0 Å². The normalized spacial score (nSPS) is 17.7. The topological polar surface area (TPSA) is 82.1 Å². The first kappa shape index (κ1) is 20.8. The molecule has 154 valence electrons. The van der Waals surface area contributed by atoms with Crippen molar-refractivity contribution in [2.45, 2.75) is 19.8 Å². The van der Waals surface area contributed by atoms with Crippen molar-refractivity contribution in [1.29, 1.82) is 0 Å². The number of ketones is 2. The van der Waals surface area contributed by atoms with Crippen LogP contribution in [0.1, 0.15) is 18.1 Å². The fourth-order valence-corrected chi connectivity index (χ4v) is 3.56. The van der Waals surface area contributed by atoms with Gasteiger partial charge in [-0.05, 0) is 18.1 Å². The summed E-state index contributed by atoms with van der Waals surface area (Å²) in [5.41, 5.74) is 2.45. The van der Waals surface area contributed by atoms with Gasteiger partial charge in [0, 0.05) is 30.7 Å². The van der Waals surface area contributed by atoms with Crippen LogP contribution in [-0.4, -0.2) is 62.9 Å². The maximum absolute atomic E-state index is 12.8. The molecule has 0 saturated carbocycles. The fraction of sp³-hybridized carbons (Fsp3) is 0.409. The Morgan fingerprint density at radius 2 is 1.66 bits per heavy atom. The molecule has 1 aliphatic carbocycles. The number of nitrogens with zero attached hydrogens (tertiary/aromatic N) is 1. The van der Waals surface area contributed by atoms with Crippen LogP contribution in [0.5, 0.6) is 0 Å². The average Bonchev–Trinajstić information content (AvgIpc) is 2.74. The maximum atomic E-state index is 12.8. The molecule has 1 fully saturated rings. The summed E-state index contributed by atoms with van der Waals surface area (Å²) in [6.07, 6.45) is 0.565. The molecule has 2 aliphatic rings. The van der Waals surface area contributed by atoms with Gasteiger partial charge in [0.15, 0.2) is 0 Å². The van der Waals surface area contributed by atoms with E-state index in [1.807, 2.05) is 24.3 Å². The van der Waals surface area contributed by atoms with Crippen LogP contribution in [0, 0.1) is 0 Å². The number of Topliss-reactive ketones (excluding diaryl/α,β-unsaturated/α-hetero) is 2. The summed E-state index contributed by atoms with van der Waals surface area (Å²) in [6, 6.07) is 7.53. The molecule has 0 bridgehead atoms. The Bertz CT molecular complexity index is 892. The molecule has 29 heavy (non-hydrogen) atoms. The molecule has 0 spiro atoms. The Morgan fingerprint density at radius 3 is 2.31 bits per heavy atom. The highest BCUT2D eigenvalue weighted by molar-refractivity contribution is 6.23. The monoisotopic (exact) mass is 399 g/mol. The van der Waals surface area contributed by atoms with Crippen molar-refractivity contribution in [1.82, 2.24) is 4.90 Å². The highest BCUT2D eigenvalue weighted by Crippen LogP contribution is 2.28. The third-order valence-corrected chi connectivity index (χ3v) is 5.19. The lowest BCUT2D eigenvalue weighted by Gasteiger charge is -2.27. The quantitative estimate of drug-likeness (QED) is 0.676. The van der Waals surface area contributed by atoms with Crippen LogP contribution >= 0.6 is 0 Å². The maximum Gasteiger partial charge on any atom is 0.228 e. The second-order valence-electron chi connectivity index (χ2n) is 6.99. The van der Waals surface area contributed by atoms with E-state index in [4.69, 9.17) is 14.2 Å². The smallest absolute Gasteiger partial charge is 0.228 e. The summed E-state index contributed by atoms with van der Waals surface area (Å²) in [5.74, 6) is -0.784. The second kappa shape index (κ2) is 9.05. The lowest BCUT2D eigenvalue weighted by atomic mass is 9.88. The number of benzene rings is 1. The van der Waals surface area contributed by atoms with Crippen molar-refractivity contribution >= 4 is 17.5 Å². The SMILES string of the molecule is COC1=C(OC)C(=O)C(Cc2cccc(CC(=O)N3CCOCC3)c2)=C(C)C1=O. The van der Waals surface area contributed by atoms with Crippen molar-refractivity contribution in [3.05, 3.63) is 58.1 Å². The van der Waals surface area contributed by atoms with Crippen LogP contribution in [-0.2, 0) is 41.4 Å². The van der Waals surface area contributed by atoms with Gasteiger partial charge in [-0.25, -0.2) is 0 Å². The van der Waals surface area contributed by atoms with Crippen LogP contribution in [0.2, 0.25) is 0 Å². The lowest BCUT2D eigenvalue weighted by Crippen LogP contribution is -2.41. The van der Waals surface area contributed by atoms with Crippen molar-refractivity contribution in [2.24, 2.45) is 0 Å². The number of rotatable bonds is 6. The Labute approximate surface area is 169 Å². The minimum absolute atomic E-state index is 0.0547. The molecule has 0 radical (unpaired) electrons. The molecule has 1 amide bonds. The summed E-state index contributed by atoms with van der Waals surface area (Å²) in [4.78, 5) is 39.6.